The molecular weight excluding hydrogens is 441 g/mol. The predicted molar refractivity (Wildman–Crippen MR) is 127 cm³/mol. The van der Waals surface area contributed by atoms with E-state index in [9.17, 15) is 18.0 Å². The second-order valence-corrected chi connectivity index (χ2v) is 8.40. The van der Waals surface area contributed by atoms with Gasteiger partial charge in [0.2, 0.25) is 0 Å². The standard InChI is InChI=1S/C27H27F3N2O2/c1-34-16-6-14-32-15-13-20-17-22(12-11-21(20)18-32)31-26(33)25-23(19-7-3-2-4-8-19)9-5-10-24(25)27(28,29)30/h2-5,7-12,17H,6,13-16,18H2,1H3,(H,31,33). The molecule has 1 aliphatic rings. The van der Waals surface area contributed by atoms with Crippen LogP contribution in [0.5, 0.6) is 0 Å². The van der Waals surface area contributed by atoms with E-state index in [1.165, 1.54) is 11.6 Å². The van der Waals surface area contributed by atoms with Gasteiger partial charge in [0, 0.05) is 39.0 Å². The van der Waals surface area contributed by atoms with Crippen LogP contribution >= 0.6 is 0 Å². The third-order valence-electron chi connectivity index (χ3n) is 6.06. The van der Waals surface area contributed by atoms with E-state index in [1.807, 2.05) is 12.1 Å². The number of halogens is 3. The lowest BCUT2D eigenvalue weighted by atomic mass is 9.94. The fourth-order valence-electron chi connectivity index (χ4n) is 4.40. The van der Waals surface area contributed by atoms with Crippen molar-refractivity contribution >= 4 is 11.6 Å². The van der Waals surface area contributed by atoms with Crippen LogP contribution in [0.1, 0.15) is 33.5 Å². The number of rotatable bonds is 7. The second-order valence-electron chi connectivity index (χ2n) is 8.40. The molecule has 0 spiro atoms. The van der Waals surface area contributed by atoms with Gasteiger partial charge in [-0.2, -0.15) is 13.2 Å². The van der Waals surface area contributed by atoms with Crippen LogP contribution in [-0.4, -0.2) is 37.6 Å². The van der Waals surface area contributed by atoms with Crippen molar-refractivity contribution in [2.24, 2.45) is 0 Å². The van der Waals surface area contributed by atoms with Crippen molar-refractivity contribution in [3.63, 3.8) is 0 Å². The van der Waals surface area contributed by atoms with Gasteiger partial charge in [-0.1, -0.05) is 48.5 Å². The lowest BCUT2D eigenvalue weighted by molar-refractivity contribution is -0.137. The SMILES string of the molecule is COCCCN1CCc2cc(NC(=O)c3c(-c4ccccc4)cccc3C(F)(F)F)ccc2C1. The summed E-state index contributed by atoms with van der Waals surface area (Å²) in [5.41, 5.74) is 2.25. The molecule has 3 aromatic carbocycles. The molecule has 34 heavy (non-hydrogen) atoms. The Kier molecular flexibility index (Phi) is 7.34. The van der Waals surface area contributed by atoms with Crippen LogP contribution in [0.25, 0.3) is 11.1 Å². The van der Waals surface area contributed by atoms with Crippen LogP contribution in [0.4, 0.5) is 18.9 Å². The van der Waals surface area contributed by atoms with Gasteiger partial charge in [-0.25, -0.2) is 0 Å². The van der Waals surface area contributed by atoms with Gasteiger partial charge in [0.15, 0.2) is 0 Å². The van der Waals surface area contributed by atoms with Crippen LogP contribution in [-0.2, 0) is 23.9 Å². The summed E-state index contributed by atoms with van der Waals surface area (Å²) in [5, 5.41) is 2.72. The minimum atomic E-state index is -4.65. The average molecular weight is 469 g/mol. The average Bonchev–Trinajstić information content (AvgIpc) is 2.83. The van der Waals surface area contributed by atoms with E-state index < -0.39 is 17.6 Å². The smallest absolute Gasteiger partial charge is 0.385 e. The molecular formula is C27H27F3N2O2. The summed E-state index contributed by atoms with van der Waals surface area (Å²) in [6.07, 6.45) is -2.87. The molecule has 3 aromatic rings. The molecule has 0 saturated carbocycles. The third kappa shape index (κ3) is 5.48. The molecule has 0 radical (unpaired) electrons. The van der Waals surface area contributed by atoms with E-state index in [0.717, 1.165) is 50.7 Å². The number of methoxy groups -OCH3 is 1. The maximum atomic E-state index is 13.8. The Bertz CT molecular complexity index is 1150. The molecule has 7 heteroatoms. The molecule has 0 fully saturated rings. The number of carbonyl (C=O) groups excluding carboxylic acids is 1. The van der Waals surface area contributed by atoms with Crippen molar-refractivity contribution in [2.75, 3.05) is 32.1 Å². The summed E-state index contributed by atoms with van der Waals surface area (Å²) in [5.74, 6) is -0.774. The van der Waals surface area contributed by atoms with E-state index in [-0.39, 0.29) is 11.1 Å². The van der Waals surface area contributed by atoms with Gasteiger partial charge in [0.1, 0.15) is 0 Å². The number of carbonyl (C=O) groups is 1. The summed E-state index contributed by atoms with van der Waals surface area (Å²) in [4.78, 5) is 15.6. The topological polar surface area (TPSA) is 41.6 Å². The molecule has 0 aliphatic carbocycles. The highest BCUT2D eigenvalue weighted by molar-refractivity contribution is 6.10. The van der Waals surface area contributed by atoms with Crippen molar-refractivity contribution in [1.82, 2.24) is 4.90 Å². The Balaban J connectivity index is 1.59. The number of ether oxygens (including phenoxy) is 1. The first-order valence-electron chi connectivity index (χ1n) is 11.3. The minimum absolute atomic E-state index is 0.248. The van der Waals surface area contributed by atoms with Gasteiger partial charge >= 0.3 is 6.18 Å². The maximum absolute atomic E-state index is 13.8. The molecule has 0 aromatic heterocycles. The van der Waals surface area contributed by atoms with Gasteiger partial charge in [0.05, 0.1) is 11.1 Å². The first-order valence-corrected chi connectivity index (χ1v) is 11.3. The summed E-state index contributed by atoms with van der Waals surface area (Å²) >= 11 is 0. The van der Waals surface area contributed by atoms with Crippen molar-refractivity contribution < 1.29 is 22.7 Å². The maximum Gasteiger partial charge on any atom is 0.417 e. The lowest BCUT2D eigenvalue weighted by Gasteiger charge is -2.29. The van der Waals surface area contributed by atoms with Crippen LogP contribution in [0.3, 0.4) is 0 Å². The fourth-order valence-corrected chi connectivity index (χ4v) is 4.40. The van der Waals surface area contributed by atoms with Crippen molar-refractivity contribution in [1.29, 1.82) is 0 Å². The quantitative estimate of drug-likeness (QED) is 0.431. The largest absolute Gasteiger partial charge is 0.417 e. The molecule has 1 amide bonds. The van der Waals surface area contributed by atoms with Crippen molar-refractivity contribution in [3.05, 3.63) is 89.0 Å². The Morgan fingerprint density at radius 1 is 1.03 bits per heavy atom. The van der Waals surface area contributed by atoms with Gasteiger partial charge in [-0.05, 0) is 53.3 Å². The van der Waals surface area contributed by atoms with Crippen LogP contribution in [0.2, 0.25) is 0 Å². The molecule has 178 valence electrons. The fraction of sp³-hybridized carbons (Fsp3) is 0.296. The number of alkyl halides is 3. The Labute approximate surface area is 197 Å². The Morgan fingerprint density at radius 3 is 2.56 bits per heavy atom. The highest BCUT2D eigenvalue weighted by Crippen LogP contribution is 2.37. The first-order chi connectivity index (χ1) is 16.4. The van der Waals surface area contributed by atoms with Gasteiger partial charge in [-0.3, -0.25) is 9.69 Å². The van der Waals surface area contributed by atoms with Crippen LogP contribution in [0.15, 0.2) is 66.7 Å². The molecule has 1 aliphatic heterocycles. The number of anilines is 1. The number of fused-ring (bicyclic) bond motifs is 1. The number of benzene rings is 3. The summed E-state index contributed by atoms with van der Waals surface area (Å²) in [6.45, 7) is 3.37. The number of nitrogens with zero attached hydrogens (tertiary/aromatic N) is 1. The lowest BCUT2D eigenvalue weighted by Crippen LogP contribution is -2.32. The molecule has 1 N–H and O–H groups in total. The van der Waals surface area contributed by atoms with E-state index >= 15 is 0 Å². The number of hydrogen-bond donors (Lipinski definition) is 1. The summed E-state index contributed by atoms with van der Waals surface area (Å²) in [7, 11) is 1.69. The van der Waals surface area contributed by atoms with E-state index in [4.69, 9.17) is 4.74 Å². The minimum Gasteiger partial charge on any atom is -0.385 e. The molecule has 0 atom stereocenters. The van der Waals surface area contributed by atoms with Crippen molar-refractivity contribution in [3.8, 4) is 11.1 Å². The summed E-state index contributed by atoms with van der Waals surface area (Å²) in [6, 6.07) is 18.1. The molecule has 0 bridgehead atoms. The predicted octanol–water partition coefficient (Wildman–Crippen LogP) is 6.02. The molecule has 1 heterocycles. The van der Waals surface area contributed by atoms with Crippen molar-refractivity contribution in [2.45, 2.75) is 25.6 Å². The number of amides is 1. The van der Waals surface area contributed by atoms with Gasteiger partial charge in [0.25, 0.3) is 5.91 Å². The zero-order valence-electron chi connectivity index (χ0n) is 19.0. The third-order valence-corrected chi connectivity index (χ3v) is 6.06. The molecule has 4 nitrogen and oxygen atoms in total. The van der Waals surface area contributed by atoms with Crippen LogP contribution < -0.4 is 5.32 Å². The zero-order valence-corrected chi connectivity index (χ0v) is 19.0. The monoisotopic (exact) mass is 468 g/mol. The molecule has 0 saturated heterocycles. The normalized spacial score (nSPS) is 14.0. The first kappa shape index (κ1) is 24.0. The number of hydrogen-bond acceptors (Lipinski definition) is 3. The second kappa shape index (κ2) is 10.4. The van der Waals surface area contributed by atoms with Gasteiger partial charge in [-0.15, -0.1) is 0 Å². The number of nitrogens with one attached hydrogen (secondary N) is 1. The highest BCUT2D eigenvalue weighted by Gasteiger charge is 2.36. The Morgan fingerprint density at radius 2 is 1.82 bits per heavy atom. The van der Waals surface area contributed by atoms with E-state index in [0.29, 0.717) is 11.3 Å². The summed E-state index contributed by atoms with van der Waals surface area (Å²) < 4.78 is 46.6. The zero-order chi connectivity index (χ0) is 24.1. The molecule has 0 unspecified atom stereocenters. The van der Waals surface area contributed by atoms with Crippen LogP contribution in [0, 0.1) is 0 Å². The van der Waals surface area contributed by atoms with E-state index in [2.05, 4.69) is 10.2 Å². The molecule has 4 rings (SSSR count). The van der Waals surface area contributed by atoms with E-state index in [1.54, 1.807) is 49.6 Å². The van der Waals surface area contributed by atoms with Gasteiger partial charge < -0.3 is 10.1 Å². The Hall–Kier alpha value is -3.16. The highest BCUT2D eigenvalue weighted by atomic mass is 19.4.